The van der Waals surface area contributed by atoms with Gasteiger partial charge in [-0.3, -0.25) is 0 Å². The Hall–Kier alpha value is -1.65. The van der Waals surface area contributed by atoms with Crippen molar-refractivity contribution < 1.29 is 8.78 Å². The van der Waals surface area contributed by atoms with Gasteiger partial charge in [-0.05, 0) is 30.4 Å². The molecule has 1 aliphatic rings. The fourth-order valence-corrected chi connectivity index (χ4v) is 3.26. The van der Waals surface area contributed by atoms with Crippen LogP contribution in [0.3, 0.4) is 0 Å². The van der Waals surface area contributed by atoms with Crippen LogP contribution in [0.2, 0.25) is 0 Å². The first-order chi connectivity index (χ1) is 9.58. The minimum absolute atomic E-state index is 0.195. The minimum Gasteiger partial charge on any atom is -0.369 e. The van der Waals surface area contributed by atoms with Gasteiger partial charge in [0.2, 0.25) is 5.95 Å². The fraction of sp³-hybridized carbons (Fsp3) is 0.533. The highest BCUT2D eigenvalue weighted by atomic mass is 19.2. The van der Waals surface area contributed by atoms with Gasteiger partial charge in [0, 0.05) is 6.54 Å². The average molecular weight is 279 g/mol. The zero-order valence-corrected chi connectivity index (χ0v) is 11.6. The molecule has 2 N–H and O–H groups in total. The van der Waals surface area contributed by atoms with E-state index in [0.717, 1.165) is 12.5 Å². The van der Waals surface area contributed by atoms with E-state index >= 15 is 0 Å². The lowest BCUT2D eigenvalue weighted by molar-refractivity contribution is 0.231. The van der Waals surface area contributed by atoms with Crippen LogP contribution in [0.15, 0.2) is 12.1 Å². The van der Waals surface area contributed by atoms with Gasteiger partial charge in [-0.2, -0.15) is 0 Å². The molecule has 0 saturated heterocycles. The van der Waals surface area contributed by atoms with Gasteiger partial charge < -0.3 is 10.3 Å². The first-order valence-corrected chi connectivity index (χ1v) is 7.17. The zero-order valence-electron chi connectivity index (χ0n) is 11.6. The van der Waals surface area contributed by atoms with Crippen molar-refractivity contribution in [2.45, 2.75) is 39.2 Å². The van der Waals surface area contributed by atoms with Gasteiger partial charge in [-0.15, -0.1) is 0 Å². The van der Waals surface area contributed by atoms with Crippen LogP contribution in [0.1, 0.15) is 32.6 Å². The molecule has 2 atom stereocenters. The summed E-state index contributed by atoms with van der Waals surface area (Å²) in [5, 5.41) is 0. The van der Waals surface area contributed by atoms with Crippen molar-refractivity contribution in [1.82, 2.24) is 9.55 Å². The Morgan fingerprint density at radius 3 is 2.80 bits per heavy atom. The third-order valence-corrected chi connectivity index (χ3v) is 4.54. The van der Waals surface area contributed by atoms with Crippen LogP contribution in [0.5, 0.6) is 0 Å². The molecule has 0 bridgehead atoms. The summed E-state index contributed by atoms with van der Waals surface area (Å²) in [4.78, 5) is 4.14. The Labute approximate surface area is 116 Å². The fourth-order valence-electron chi connectivity index (χ4n) is 3.26. The lowest BCUT2D eigenvalue weighted by Crippen LogP contribution is -2.22. The number of halogens is 2. The van der Waals surface area contributed by atoms with Crippen LogP contribution >= 0.6 is 0 Å². The summed E-state index contributed by atoms with van der Waals surface area (Å²) in [6.45, 7) is 2.83. The number of aromatic nitrogens is 2. The van der Waals surface area contributed by atoms with Gasteiger partial charge in [0.05, 0.1) is 5.52 Å². The Bertz CT molecular complexity index is 636. The van der Waals surface area contributed by atoms with Crippen LogP contribution in [0.4, 0.5) is 14.7 Å². The van der Waals surface area contributed by atoms with E-state index in [1.807, 2.05) is 0 Å². The number of hydrogen-bond donors (Lipinski definition) is 1. The molecule has 3 rings (SSSR count). The average Bonchev–Trinajstić information content (AvgIpc) is 2.74. The highest BCUT2D eigenvalue weighted by molar-refractivity contribution is 5.79. The molecule has 1 fully saturated rings. The van der Waals surface area contributed by atoms with E-state index < -0.39 is 11.6 Å². The molecule has 1 aromatic carbocycles. The van der Waals surface area contributed by atoms with E-state index in [4.69, 9.17) is 5.73 Å². The van der Waals surface area contributed by atoms with Gasteiger partial charge in [-0.25, -0.2) is 13.8 Å². The molecule has 1 aliphatic carbocycles. The van der Waals surface area contributed by atoms with Gasteiger partial charge in [0.1, 0.15) is 5.52 Å². The van der Waals surface area contributed by atoms with Crippen molar-refractivity contribution in [2.75, 3.05) is 5.73 Å². The SMILES string of the molecule is CC1CCCCC1Cn1c(N)nc2ccc(F)c(F)c21. The second kappa shape index (κ2) is 5.04. The normalized spacial score (nSPS) is 23.4. The Balaban J connectivity index is 2.02. The number of nitrogens with two attached hydrogens (primary N) is 1. The second-order valence-electron chi connectivity index (χ2n) is 5.83. The van der Waals surface area contributed by atoms with Crippen LogP contribution in [0, 0.1) is 23.5 Å². The summed E-state index contributed by atoms with van der Waals surface area (Å²) in [7, 11) is 0. The molecule has 1 heterocycles. The molecule has 0 amide bonds. The topological polar surface area (TPSA) is 43.8 Å². The molecule has 0 spiro atoms. The molecular formula is C15H19F2N3. The maximum atomic E-state index is 14.0. The summed E-state index contributed by atoms with van der Waals surface area (Å²) in [6.07, 6.45) is 4.74. The molecular weight excluding hydrogens is 260 g/mol. The maximum Gasteiger partial charge on any atom is 0.201 e. The van der Waals surface area contributed by atoms with Crippen LogP contribution in [0.25, 0.3) is 11.0 Å². The number of nitrogen functional groups attached to an aromatic ring is 1. The largest absolute Gasteiger partial charge is 0.369 e. The zero-order chi connectivity index (χ0) is 14.3. The first-order valence-electron chi connectivity index (χ1n) is 7.17. The first kappa shape index (κ1) is 13.3. The third kappa shape index (κ3) is 2.15. The molecule has 3 nitrogen and oxygen atoms in total. The van der Waals surface area contributed by atoms with Crippen molar-refractivity contribution in [3.63, 3.8) is 0 Å². The second-order valence-corrected chi connectivity index (χ2v) is 5.83. The van der Waals surface area contributed by atoms with Crippen LogP contribution in [-0.2, 0) is 6.54 Å². The van der Waals surface area contributed by atoms with E-state index in [0.29, 0.717) is 23.9 Å². The van der Waals surface area contributed by atoms with Crippen LogP contribution in [-0.4, -0.2) is 9.55 Å². The molecule has 1 aromatic heterocycles. The molecule has 5 heteroatoms. The van der Waals surface area contributed by atoms with Gasteiger partial charge >= 0.3 is 0 Å². The highest BCUT2D eigenvalue weighted by Crippen LogP contribution is 2.33. The molecule has 0 aliphatic heterocycles. The number of fused-ring (bicyclic) bond motifs is 1. The molecule has 20 heavy (non-hydrogen) atoms. The lowest BCUT2D eigenvalue weighted by Gasteiger charge is -2.29. The van der Waals surface area contributed by atoms with Crippen molar-refractivity contribution in [1.29, 1.82) is 0 Å². The number of hydrogen-bond acceptors (Lipinski definition) is 2. The van der Waals surface area contributed by atoms with Gasteiger partial charge in [0.25, 0.3) is 0 Å². The number of benzene rings is 1. The standard InChI is InChI=1S/C15H19F2N3/c1-9-4-2-3-5-10(9)8-20-14-12(19-15(20)18)7-6-11(16)13(14)17/h6-7,9-10H,2-5,8H2,1H3,(H2,18,19). The third-order valence-electron chi connectivity index (χ3n) is 4.54. The van der Waals surface area contributed by atoms with E-state index in [1.54, 1.807) is 4.57 Å². The number of nitrogens with zero attached hydrogens (tertiary/aromatic N) is 2. The maximum absolute atomic E-state index is 14.0. The lowest BCUT2D eigenvalue weighted by atomic mass is 9.80. The summed E-state index contributed by atoms with van der Waals surface area (Å²) < 4.78 is 29.1. The van der Waals surface area contributed by atoms with Gasteiger partial charge in [0.15, 0.2) is 11.6 Å². The molecule has 108 valence electrons. The van der Waals surface area contributed by atoms with Crippen molar-refractivity contribution in [3.8, 4) is 0 Å². The van der Waals surface area contributed by atoms with Gasteiger partial charge in [-0.1, -0.05) is 26.2 Å². The molecule has 2 unspecified atom stereocenters. The number of imidazole rings is 1. The monoisotopic (exact) mass is 279 g/mol. The Kier molecular flexibility index (Phi) is 3.36. The Morgan fingerprint density at radius 1 is 1.30 bits per heavy atom. The van der Waals surface area contributed by atoms with E-state index in [-0.39, 0.29) is 11.5 Å². The van der Waals surface area contributed by atoms with E-state index in [2.05, 4.69) is 11.9 Å². The molecule has 1 saturated carbocycles. The van der Waals surface area contributed by atoms with E-state index in [9.17, 15) is 8.78 Å². The minimum atomic E-state index is -0.852. The number of anilines is 1. The summed E-state index contributed by atoms with van der Waals surface area (Å²) in [6, 6.07) is 2.57. The van der Waals surface area contributed by atoms with Crippen molar-refractivity contribution in [3.05, 3.63) is 23.8 Å². The van der Waals surface area contributed by atoms with Crippen molar-refractivity contribution >= 4 is 17.0 Å². The van der Waals surface area contributed by atoms with Crippen LogP contribution < -0.4 is 5.73 Å². The molecule has 2 aromatic rings. The predicted octanol–water partition coefficient (Wildman–Crippen LogP) is 3.72. The van der Waals surface area contributed by atoms with E-state index in [1.165, 1.54) is 25.3 Å². The summed E-state index contributed by atoms with van der Waals surface area (Å²) in [5.74, 6) is -0.406. The predicted molar refractivity (Wildman–Crippen MR) is 75.2 cm³/mol. The van der Waals surface area contributed by atoms with Crippen molar-refractivity contribution in [2.24, 2.45) is 11.8 Å². The summed E-state index contributed by atoms with van der Waals surface area (Å²) in [5.41, 5.74) is 6.51. The quantitative estimate of drug-likeness (QED) is 0.910. The molecule has 0 radical (unpaired) electrons. The Morgan fingerprint density at radius 2 is 2.05 bits per heavy atom. The number of rotatable bonds is 2. The summed E-state index contributed by atoms with van der Waals surface area (Å²) >= 11 is 0. The highest BCUT2D eigenvalue weighted by Gasteiger charge is 2.24. The smallest absolute Gasteiger partial charge is 0.201 e.